The van der Waals surface area contributed by atoms with Gasteiger partial charge in [-0.1, -0.05) is 12.7 Å². The van der Waals surface area contributed by atoms with Crippen LogP contribution in [0.3, 0.4) is 0 Å². The van der Waals surface area contributed by atoms with Gasteiger partial charge >= 0.3 is 5.97 Å². The molecule has 1 aromatic carbocycles. The van der Waals surface area contributed by atoms with Crippen LogP contribution < -0.4 is 10.1 Å². The molecule has 0 aliphatic carbocycles. The molecule has 0 aliphatic heterocycles. The second kappa shape index (κ2) is 6.50. The van der Waals surface area contributed by atoms with Gasteiger partial charge in [-0.05, 0) is 24.3 Å². The van der Waals surface area contributed by atoms with Crippen molar-refractivity contribution in [1.82, 2.24) is 0 Å². The lowest BCUT2D eigenvalue weighted by molar-refractivity contribution is -0.140. The van der Waals surface area contributed by atoms with Gasteiger partial charge in [-0.2, -0.15) is 0 Å². The van der Waals surface area contributed by atoms with Crippen LogP contribution in [0.15, 0.2) is 36.9 Å². The van der Waals surface area contributed by atoms with E-state index in [0.717, 1.165) is 11.4 Å². The van der Waals surface area contributed by atoms with Gasteiger partial charge in [0.2, 0.25) is 0 Å². The molecule has 0 fully saturated rings. The quantitative estimate of drug-likeness (QED) is 0.588. The van der Waals surface area contributed by atoms with Gasteiger partial charge < -0.3 is 14.8 Å². The highest BCUT2D eigenvalue weighted by Crippen LogP contribution is 2.14. The van der Waals surface area contributed by atoms with E-state index in [1.54, 1.807) is 7.11 Å². The van der Waals surface area contributed by atoms with Crippen molar-refractivity contribution in [2.45, 2.75) is 0 Å². The Morgan fingerprint density at radius 3 is 2.69 bits per heavy atom. The SMILES string of the molecule is C=CCOC(=O)CNc1ccc(OC)cc1. The summed E-state index contributed by atoms with van der Waals surface area (Å²) in [5.74, 6) is 0.468. The van der Waals surface area contributed by atoms with Crippen molar-refractivity contribution in [2.24, 2.45) is 0 Å². The molecule has 0 heterocycles. The third kappa shape index (κ3) is 4.04. The highest BCUT2D eigenvalue weighted by atomic mass is 16.5. The summed E-state index contributed by atoms with van der Waals surface area (Å²) in [4.78, 5) is 11.1. The number of anilines is 1. The molecule has 0 bridgehead atoms. The van der Waals surface area contributed by atoms with Crippen molar-refractivity contribution in [3.05, 3.63) is 36.9 Å². The largest absolute Gasteiger partial charge is 0.497 e. The van der Waals surface area contributed by atoms with Crippen LogP contribution in [0.4, 0.5) is 5.69 Å². The summed E-state index contributed by atoms with van der Waals surface area (Å²) in [6, 6.07) is 7.30. The third-order valence-corrected chi connectivity index (χ3v) is 1.89. The van der Waals surface area contributed by atoms with Crippen molar-refractivity contribution in [1.29, 1.82) is 0 Å². The van der Waals surface area contributed by atoms with Crippen molar-refractivity contribution >= 4 is 11.7 Å². The second-order valence-corrected chi connectivity index (χ2v) is 3.05. The van der Waals surface area contributed by atoms with Crippen molar-refractivity contribution in [3.63, 3.8) is 0 Å². The third-order valence-electron chi connectivity index (χ3n) is 1.89. The molecule has 0 atom stereocenters. The summed E-state index contributed by atoms with van der Waals surface area (Å²) >= 11 is 0. The highest BCUT2D eigenvalue weighted by Gasteiger charge is 2.01. The van der Waals surface area contributed by atoms with Crippen LogP contribution in [0.25, 0.3) is 0 Å². The van der Waals surface area contributed by atoms with Crippen LogP contribution in [0.5, 0.6) is 5.75 Å². The van der Waals surface area contributed by atoms with E-state index in [2.05, 4.69) is 11.9 Å². The lowest BCUT2D eigenvalue weighted by Gasteiger charge is -2.06. The van der Waals surface area contributed by atoms with Crippen LogP contribution in [-0.2, 0) is 9.53 Å². The van der Waals surface area contributed by atoms with Crippen molar-refractivity contribution in [3.8, 4) is 5.75 Å². The van der Waals surface area contributed by atoms with Gasteiger partial charge in [0.25, 0.3) is 0 Å². The van der Waals surface area contributed by atoms with E-state index in [4.69, 9.17) is 9.47 Å². The molecular weight excluding hydrogens is 206 g/mol. The molecule has 4 heteroatoms. The summed E-state index contributed by atoms with van der Waals surface area (Å²) in [7, 11) is 1.61. The van der Waals surface area contributed by atoms with E-state index < -0.39 is 0 Å². The molecule has 0 saturated heterocycles. The minimum Gasteiger partial charge on any atom is -0.497 e. The molecule has 0 unspecified atom stereocenters. The first-order valence-corrected chi connectivity index (χ1v) is 4.90. The van der Waals surface area contributed by atoms with Crippen LogP contribution in [0, 0.1) is 0 Å². The van der Waals surface area contributed by atoms with Crippen LogP contribution in [0.1, 0.15) is 0 Å². The Morgan fingerprint density at radius 2 is 2.12 bits per heavy atom. The van der Waals surface area contributed by atoms with Crippen LogP contribution in [-0.4, -0.2) is 26.2 Å². The molecule has 16 heavy (non-hydrogen) atoms. The van der Waals surface area contributed by atoms with E-state index in [0.29, 0.717) is 0 Å². The number of rotatable bonds is 6. The minimum absolute atomic E-state index is 0.139. The Bertz CT molecular complexity index is 346. The Kier molecular flexibility index (Phi) is 4.92. The summed E-state index contributed by atoms with van der Waals surface area (Å²) < 4.78 is 9.83. The first kappa shape index (κ1) is 12.1. The summed E-state index contributed by atoms with van der Waals surface area (Å²) in [6.07, 6.45) is 1.53. The Morgan fingerprint density at radius 1 is 1.44 bits per heavy atom. The molecule has 0 spiro atoms. The maximum absolute atomic E-state index is 11.1. The van der Waals surface area contributed by atoms with Crippen molar-refractivity contribution < 1.29 is 14.3 Å². The van der Waals surface area contributed by atoms with Gasteiger partial charge in [0.15, 0.2) is 0 Å². The van der Waals surface area contributed by atoms with Gasteiger partial charge in [0.1, 0.15) is 18.9 Å². The number of hydrogen-bond acceptors (Lipinski definition) is 4. The van der Waals surface area contributed by atoms with Gasteiger partial charge in [-0.15, -0.1) is 0 Å². The smallest absolute Gasteiger partial charge is 0.325 e. The number of methoxy groups -OCH3 is 1. The predicted octanol–water partition coefficient (Wildman–Crippen LogP) is 1.84. The minimum atomic E-state index is -0.310. The van der Waals surface area contributed by atoms with E-state index in [-0.39, 0.29) is 19.1 Å². The van der Waals surface area contributed by atoms with Crippen LogP contribution in [0.2, 0.25) is 0 Å². The first-order chi connectivity index (χ1) is 7.76. The van der Waals surface area contributed by atoms with Gasteiger partial charge in [-0.3, -0.25) is 4.79 Å². The fraction of sp³-hybridized carbons (Fsp3) is 0.250. The topological polar surface area (TPSA) is 47.6 Å². The Hall–Kier alpha value is -1.97. The number of carbonyl (C=O) groups excluding carboxylic acids is 1. The summed E-state index contributed by atoms with van der Waals surface area (Å²) in [5, 5.41) is 2.94. The maximum atomic E-state index is 11.1. The fourth-order valence-electron chi connectivity index (χ4n) is 1.09. The number of benzene rings is 1. The Labute approximate surface area is 94.9 Å². The zero-order valence-corrected chi connectivity index (χ0v) is 9.23. The molecule has 0 aromatic heterocycles. The first-order valence-electron chi connectivity index (χ1n) is 4.90. The average molecular weight is 221 g/mol. The average Bonchev–Trinajstić information content (AvgIpc) is 2.34. The number of esters is 1. The van der Waals surface area contributed by atoms with E-state index in [1.165, 1.54) is 6.08 Å². The van der Waals surface area contributed by atoms with Crippen molar-refractivity contribution in [2.75, 3.05) is 25.6 Å². The molecule has 0 aliphatic rings. The second-order valence-electron chi connectivity index (χ2n) is 3.05. The van der Waals surface area contributed by atoms with E-state index >= 15 is 0 Å². The fourth-order valence-corrected chi connectivity index (χ4v) is 1.09. The molecule has 0 amide bonds. The standard InChI is InChI=1S/C12H15NO3/c1-3-8-16-12(14)9-13-10-4-6-11(15-2)7-5-10/h3-7,13H,1,8-9H2,2H3. The molecular formula is C12H15NO3. The van der Waals surface area contributed by atoms with Gasteiger partial charge in [-0.25, -0.2) is 0 Å². The maximum Gasteiger partial charge on any atom is 0.325 e. The zero-order valence-electron chi connectivity index (χ0n) is 9.23. The highest BCUT2D eigenvalue weighted by molar-refractivity contribution is 5.75. The zero-order chi connectivity index (χ0) is 11.8. The Balaban J connectivity index is 2.36. The molecule has 1 N–H and O–H groups in total. The lowest BCUT2D eigenvalue weighted by atomic mass is 10.3. The molecule has 0 radical (unpaired) electrons. The normalized spacial score (nSPS) is 9.31. The lowest BCUT2D eigenvalue weighted by Crippen LogP contribution is -2.16. The molecule has 4 nitrogen and oxygen atoms in total. The van der Waals surface area contributed by atoms with Crippen LogP contribution >= 0.6 is 0 Å². The van der Waals surface area contributed by atoms with Gasteiger partial charge in [0, 0.05) is 5.69 Å². The molecule has 1 rings (SSSR count). The molecule has 86 valence electrons. The number of ether oxygens (including phenoxy) is 2. The molecule has 0 saturated carbocycles. The number of nitrogens with one attached hydrogen (secondary N) is 1. The molecule has 1 aromatic rings. The predicted molar refractivity (Wildman–Crippen MR) is 62.6 cm³/mol. The van der Waals surface area contributed by atoms with E-state index in [9.17, 15) is 4.79 Å². The van der Waals surface area contributed by atoms with E-state index in [1.807, 2.05) is 24.3 Å². The summed E-state index contributed by atoms with van der Waals surface area (Å²) in [6.45, 7) is 3.84. The monoisotopic (exact) mass is 221 g/mol. The van der Waals surface area contributed by atoms with Gasteiger partial charge in [0.05, 0.1) is 7.11 Å². The number of hydrogen-bond donors (Lipinski definition) is 1. The summed E-state index contributed by atoms with van der Waals surface area (Å²) in [5.41, 5.74) is 0.844. The number of carbonyl (C=O) groups is 1.